The average Bonchev–Trinajstić information content (AvgIpc) is 2.43. The number of rotatable bonds is 0. The zero-order chi connectivity index (χ0) is 11.2. The zero-order valence-electron chi connectivity index (χ0n) is 9.03. The van der Waals surface area contributed by atoms with E-state index < -0.39 is 0 Å². The Bertz CT molecular complexity index is 638. The summed E-state index contributed by atoms with van der Waals surface area (Å²) in [5, 5.41) is 0. The van der Waals surface area contributed by atoms with E-state index >= 15 is 0 Å². The van der Waals surface area contributed by atoms with Crippen molar-refractivity contribution in [2.75, 3.05) is 0 Å². The SMILES string of the molecule is C#Cc1cc(C)cc2c1n(C)c(=O)n2C. The van der Waals surface area contributed by atoms with E-state index in [1.165, 1.54) is 0 Å². The molecule has 76 valence electrons. The maximum atomic E-state index is 11.7. The summed E-state index contributed by atoms with van der Waals surface area (Å²) in [5.41, 5.74) is 3.50. The highest BCUT2D eigenvalue weighted by Crippen LogP contribution is 2.18. The van der Waals surface area contributed by atoms with Gasteiger partial charge in [0.05, 0.1) is 16.6 Å². The second-order valence-corrected chi connectivity index (χ2v) is 3.73. The molecule has 0 aliphatic heterocycles. The molecule has 0 unspecified atom stereocenters. The predicted octanol–water partition coefficient (Wildman–Crippen LogP) is 1.17. The molecule has 1 aromatic heterocycles. The van der Waals surface area contributed by atoms with Gasteiger partial charge in [0.1, 0.15) is 0 Å². The molecule has 0 atom stereocenters. The Kier molecular flexibility index (Phi) is 1.94. The summed E-state index contributed by atoms with van der Waals surface area (Å²) in [5.74, 6) is 2.62. The van der Waals surface area contributed by atoms with Crippen LogP contribution in [0.3, 0.4) is 0 Å². The largest absolute Gasteiger partial charge is 0.328 e. The van der Waals surface area contributed by atoms with Gasteiger partial charge in [0.2, 0.25) is 0 Å². The number of aromatic nitrogens is 2. The van der Waals surface area contributed by atoms with Crippen LogP contribution in [0.1, 0.15) is 11.1 Å². The van der Waals surface area contributed by atoms with Crippen molar-refractivity contribution in [1.29, 1.82) is 0 Å². The second kappa shape index (κ2) is 3.03. The Morgan fingerprint density at radius 1 is 1.27 bits per heavy atom. The first kappa shape index (κ1) is 9.60. The maximum absolute atomic E-state index is 11.7. The van der Waals surface area contributed by atoms with Gasteiger partial charge in [-0.1, -0.05) is 5.92 Å². The van der Waals surface area contributed by atoms with Gasteiger partial charge in [-0.15, -0.1) is 6.42 Å². The smallest absolute Gasteiger partial charge is 0.295 e. The summed E-state index contributed by atoms with van der Waals surface area (Å²) in [4.78, 5) is 11.7. The van der Waals surface area contributed by atoms with E-state index in [2.05, 4.69) is 5.92 Å². The molecule has 0 aliphatic rings. The molecule has 0 fully saturated rings. The van der Waals surface area contributed by atoms with Gasteiger partial charge in [0.15, 0.2) is 0 Å². The number of imidazole rings is 1. The number of benzene rings is 1. The molecule has 3 nitrogen and oxygen atoms in total. The molecule has 2 aromatic rings. The Balaban J connectivity index is 3.12. The first-order valence-electron chi connectivity index (χ1n) is 4.69. The monoisotopic (exact) mass is 200 g/mol. The van der Waals surface area contributed by atoms with Crippen molar-refractivity contribution in [3.8, 4) is 12.3 Å². The molecule has 1 aromatic carbocycles. The first-order valence-corrected chi connectivity index (χ1v) is 4.69. The van der Waals surface area contributed by atoms with Gasteiger partial charge in [-0.2, -0.15) is 0 Å². The third kappa shape index (κ3) is 1.18. The van der Waals surface area contributed by atoms with Gasteiger partial charge in [-0.05, 0) is 24.6 Å². The van der Waals surface area contributed by atoms with Crippen LogP contribution in [0.15, 0.2) is 16.9 Å². The Morgan fingerprint density at radius 2 is 1.93 bits per heavy atom. The fraction of sp³-hybridized carbons (Fsp3) is 0.250. The van der Waals surface area contributed by atoms with Crippen molar-refractivity contribution in [3.05, 3.63) is 33.7 Å². The molecule has 1 heterocycles. The van der Waals surface area contributed by atoms with E-state index in [0.717, 1.165) is 22.2 Å². The van der Waals surface area contributed by atoms with E-state index in [0.29, 0.717) is 0 Å². The van der Waals surface area contributed by atoms with Gasteiger partial charge >= 0.3 is 5.69 Å². The molecule has 0 spiro atoms. The molecule has 0 bridgehead atoms. The number of hydrogen-bond donors (Lipinski definition) is 0. The average molecular weight is 200 g/mol. The van der Waals surface area contributed by atoms with Crippen LogP contribution in [0.5, 0.6) is 0 Å². The highest BCUT2D eigenvalue weighted by atomic mass is 16.1. The van der Waals surface area contributed by atoms with Crippen LogP contribution in [-0.4, -0.2) is 9.13 Å². The molecule has 3 heteroatoms. The van der Waals surface area contributed by atoms with E-state index in [1.807, 2.05) is 19.1 Å². The maximum Gasteiger partial charge on any atom is 0.328 e. The van der Waals surface area contributed by atoms with Gasteiger partial charge in [0.25, 0.3) is 0 Å². The van der Waals surface area contributed by atoms with Crippen LogP contribution in [0, 0.1) is 19.3 Å². The number of nitrogens with zero attached hydrogens (tertiary/aromatic N) is 2. The van der Waals surface area contributed by atoms with Crippen molar-refractivity contribution in [3.63, 3.8) is 0 Å². The molecule has 0 radical (unpaired) electrons. The number of hydrogen-bond acceptors (Lipinski definition) is 1. The molecule has 0 amide bonds. The van der Waals surface area contributed by atoms with Gasteiger partial charge in [-0.25, -0.2) is 4.79 Å². The first-order chi connectivity index (χ1) is 7.06. The summed E-state index contributed by atoms with van der Waals surface area (Å²) >= 11 is 0. The molecule has 2 rings (SSSR count). The van der Waals surface area contributed by atoms with Crippen molar-refractivity contribution in [1.82, 2.24) is 9.13 Å². The van der Waals surface area contributed by atoms with Crippen LogP contribution in [-0.2, 0) is 14.1 Å². The lowest BCUT2D eigenvalue weighted by Crippen LogP contribution is -2.19. The topological polar surface area (TPSA) is 26.9 Å². The number of fused-ring (bicyclic) bond motifs is 1. The van der Waals surface area contributed by atoms with E-state index in [9.17, 15) is 4.79 Å². The van der Waals surface area contributed by atoms with E-state index in [-0.39, 0.29) is 5.69 Å². The number of aryl methyl sites for hydroxylation is 3. The lowest BCUT2D eigenvalue weighted by molar-refractivity contribution is 0.795. The van der Waals surface area contributed by atoms with Crippen molar-refractivity contribution >= 4 is 11.0 Å². The van der Waals surface area contributed by atoms with Crippen LogP contribution in [0.4, 0.5) is 0 Å². The summed E-state index contributed by atoms with van der Waals surface area (Å²) in [6, 6.07) is 3.89. The highest BCUT2D eigenvalue weighted by Gasteiger charge is 2.10. The highest BCUT2D eigenvalue weighted by molar-refractivity contribution is 5.83. The van der Waals surface area contributed by atoms with Crippen molar-refractivity contribution in [2.24, 2.45) is 14.1 Å². The van der Waals surface area contributed by atoms with E-state index in [1.54, 1.807) is 23.2 Å². The molecular weight excluding hydrogens is 188 g/mol. The third-order valence-electron chi connectivity index (χ3n) is 2.66. The summed E-state index contributed by atoms with van der Waals surface area (Å²) in [6.45, 7) is 1.97. The third-order valence-corrected chi connectivity index (χ3v) is 2.66. The minimum atomic E-state index is -0.0490. The molecule has 0 N–H and O–H groups in total. The van der Waals surface area contributed by atoms with Gasteiger partial charge < -0.3 is 0 Å². The van der Waals surface area contributed by atoms with Crippen LogP contribution >= 0.6 is 0 Å². The Morgan fingerprint density at radius 3 is 2.53 bits per heavy atom. The minimum Gasteiger partial charge on any atom is -0.295 e. The molecule has 0 saturated carbocycles. The lowest BCUT2D eigenvalue weighted by Gasteiger charge is -2.00. The lowest BCUT2D eigenvalue weighted by atomic mass is 10.1. The fourth-order valence-electron chi connectivity index (χ4n) is 1.90. The van der Waals surface area contributed by atoms with Gasteiger partial charge in [-0.3, -0.25) is 9.13 Å². The Hall–Kier alpha value is -1.95. The van der Waals surface area contributed by atoms with Gasteiger partial charge in [0, 0.05) is 14.1 Å². The second-order valence-electron chi connectivity index (χ2n) is 3.73. The van der Waals surface area contributed by atoms with Crippen molar-refractivity contribution < 1.29 is 0 Å². The minimum absolute atomic E-state index is 0.0490. The molecule has 0 aliphatic carbocycles. The Labute approximate surface area is 87.9 Å². The quantitative estimate of drug-likeness (QED) is 0.586. The molecule has 0 saturated heterocycles. The van der Waals surface area contributed by atoms with Crippen LogP contribution in [0.2, 0.25) is 0 Å². The van der Waals surface area contributed by atoms with Crippen molar-refractivity contribution in [2.45, 2.75) is 6.92 Å². The van der Waals surface area contributed by atoms with Crippen LogP contribution in [0.25, 0.3) is 11.0 Å². The zero-order valence-corrected chi connectivity index (χ0v) is 9.03. The summed E-state index contributed by atoms with van der Waals surface area (Å²) in [7, 11) is 3.49. The summed E-state index contributed by atoms with van der Waals surface area (Å²) < 4.78 is 3.20. The predicted molar refractivity (Wildman–Crippen MR) is 60.8 cm³/mol. The van der Waals surface area contributed by atoms with E-state index in [4.69, 9.17) is 6.42 Å². The fourth-order valence-corrected chi connectivity index (χ4v) is 1.90. The molecule has 15 heavy (non-hydrogen) atoms. The summed E-state index contributed by atoms with van der Waals surface area (Å²) in [6.07, 6.45) is 5.44. The van der Waals surface area contributed by atoms with Crippen LogP contribution < -0.4 is 5.69 Å². The number of terminal acetylenes is 1. The standard InChI is InChI=1S/C12H12N2O/c1-5-9-6-8(2)7-10-11(9)14(4)12(15)13(10)3/h1,6-7H,2-4H3. The molecular formula is C12H12N2O. The normalized spacial score (nSPS) is 10.5.